The van der Waals surface area contributed by atoms with E-state index in [-0.39, 0.29) is 5.54 Å². The maximum absolute atomic E-state index is 6.36. The zero-order chi connectivity index (χ0) is 14.2. The van der Waals surface area contributed by atoms with Crippen LogP contribution < -0.4 is 10.6 Å². The van der Waals surface area contributed by atoms with Crippen molar-refractivity contribution in [2.24, 2.45) is 5.73 Å². The van der Waals surface area contributed by atoms with Gasteiger partial charge in [0, 0.05) is 29.3 Å². The third-order valence-electron chi connectivity index (χ3n) is 4.22. The normalized spacial score (nSPS) is 21.4. The van der Waals surface area contributed by atoms with Crippen LogP contribution in [0.25, 0.3) is 0 Å². The molecule has 0 aromatic heterocycles. The SMILES string of the molecule is CCCN1c2cc(Cl)c(CN)cc2[C@@H](C)CC1(C)C. The monoisotopic (exact) mass is 280 g/mol. The molecule has 19 heavy (non-hydrogen) atoms. The first kappa shape index (κ1) is 14.7. The number of anilines is 1. The van der Waals surface area contributed by atoms with Crippen LogP contribution in [-0.4, -0.2) is 12.1 Å². The first-order valence-electron chi connectivity index (χ1n) is 7.20. The van der Waals surface area contributed by atoms with Gasteiger partial charge in [0.1, 0.15) is 0 Å². The van der Waals surface area contributed by atoms with Gasteiger partial charge in [0.25, 0.3) is 0 Å². The number of nitrogens with two attached hydrogens (primary N) is 1. The molecule has 0 aliphatic carbocycles. The van der Waals surface area contributed by atoms with Crippen molar-refractivity contribution < 1.29 is 0 Å². The molecule has 1 heterocycles. The van der Waals surface area contributed by atoms with Crippen LogP contribution in [0.1, 0.15) is 57.6 Å². The third-order valence-corrected chi connectivity index (χ3v) is 4.57. The summed E-state index contributed by atoms with van der Waals surface area (Å²) in [6, 6.07) is 4.33. The number of rotatable bonds is 3. The van der Waals surface area contributed by atoms with Gasteiger partial charge in [0.2, 0.25) is 0 Å². The van der Waals surface area contributed by atoms with Crippen LogP contribution in [-0.2, 0) is 6.54 Å². The Labute approximate surface area is 121 Å². The molecule has 1 aromatic rings. The maximum atomic E-state index is 6.36. The van der Waals surface area contributed by atoms with Gasteiger partial charge in [0.15, 0.2) is 0 Å². The van der Waals surface area contributed by atoms with Crippen molar-refractivity contribution in [2.45, 2.75) is 58.5 Å². The number of benzene rings is 1. The summed E-state index contributed by atoms with van der Waals surface area (Å²) in [6.07, 6.45) is 2.32. The molecule has 0 radical (unpaired) electrons. The highest BCUT2D eigenvalue weighted by Gasteiger charge is 2.36. The Morgan fingerprint density at radius 1 is 1.42 bits per heavy atom. The molecule has 1 atom stereocenters. The highest BCUT2D eigenvalue weighted by Crippen LogP contribution is 2.45. The van der Waals surface area contributed by atoms with Crippen molar-refractivity contribution in [3.63, 3.8) is 0 Å². The van der Waals surface area contributed by atoms with E-state index in [4.69, 9.17) is 17.3 Å². The van der Waals surface area contributed by atoms with E-state index in [9.17, 15) is 0 Å². The van der Waals surface area contributed by atoms with Gasteiger partial charge in [-0.25, -0.2) is 0 Å². The smallest absolute Gasteiger partial charge is 0.0471 e. The largest absolute Gasteiger partial charge is 0.366 e. The second-order valence-corrected chi connectivity index (χ2v) is 6.68. The van der Waals surface area contributed by atoms with Gasteiger partial charge in [-0.2, -0.15) is 0 Å². The lowest BCUT2D eigenvalue weighted by atomic mass is 9.79. The molecule has 0 saturated heterocycles. The van der Waals surface area contributed by atoms with E-state index >= 15 is 0 Å². The van der Waals surface area contributed by atoms with Gasteiger partial charge in [-0.3, -0.25) is 0 Å². The summed E-state index contributed by atoms with van der Waals surface area (Å²) in [7, 11) is 0. The number of hydrogen-bond acceptors (Lipinski definition) is 2. The average molecular weight is 281 g/mol. The highest BCUT2D eigenvalue weighted by molar-refractivity contribution is 6.31. The molecule has 0 spiro atoms. The molecule has 0 unspecified atom stereocenters. The second-order valence-electron chi connectivity index (χ2n) is 6.28. The summed E-state index contributed by atoms with van der Waals surface area (Å²) in [5.41, 5.74) is 9.73. The summed E-state index contributed by atoms with van der Waals surface area (Å²) < 4.78 is 0. The number of halogens is 1. The predicted octanol–water partition coefficient (Wildman–Crippen LogP) is 4.30. The zero-order valence-electron chi connectivity index (χ0n) is 12.5. The lowest BCUT2D eigenvalue weighted by Gasteiger charge is -2.48. The Morgan fingerprint density at radius 3 is 2.68 bits per heavy atom. The fraction of sp³-hybridized carbons (Fsp3) is 0.625. The fourth-order valence-electron chi connectivity index (χ4n) is 3.35. The molecule has 2 rings (SSSR count). The van der Waals surface area contributed by atoms with Crippen LogP contribution in [0, 0.1) is 0 Å². The Balaban J connectivity index is 2.55. The minimum Gasteiger partial charge on any atom is -0.366 e. The quantitative estimate of drug-likeness (QED) is 0.894. The van der Waals surface area contributed by atoms with Crippen LogP contribution in [0.2, 0.25) is 5.02 Å². The van der Waals surface area contributed by atoms with Gasteiger partial charge in [-0.1, -0.05) is 31.5 Å². The van der Waals surface area contributed by atoms with Crippen LogP contribution in [0.4, 0.5) is 5.69 Å². The van der Waals surface area contributed by atoms with E-state index in [1.165, 1.54) is 17.7 Å². The summed E-state index contributed by atoms with van der Waals surface area (Å²) in [5, 5.41) is 0.798. The lowest BCUT2D eigenvalue weighted by molar-refractivity contribution is 0.376. The topological polar surface area (TPSA) is 29.3 Å². The third kappa shape index (κ3) is 2.61. The predicted molar refractivity (Wildman–Crippen MR) is 84.1 cm³/mol. The van der Waals surface area contributed by atoms with Crippen LogP contribution in [0.3, 0.4) is 0 Å². The maximum Gasteiger partial charge on any atom is 0.0471 e. The summed E-state index contributed by atoms with van der Waals surface area (Å²) >= 11 is 6.36. The van der Waals surface area contributed by atoms with Crippen molar-refractivity contribution in [3.8, 4) is 0 Å². The molecular weight excluding hydrogens is 256 g/mol. The van der Waals surface area contributed by atoms with E-state index < -0.39 is 0 Å². The molecule has 106 valence electrons. The molecule has 0 fully saturated rings. The number of fused-ring (bicyclic) bond motifs is 1. The molecule has 2 N–H and O–H groups in total. The molecule has 1 aromatic carbocycles. The van der Waals surface area contributed by atoms with E-state index in [1.807, 2.05) is 0 Å². The summed E-state index contributed by atoms with van der Waals surface area (Å²) in [4.78, 5) is 2.51. The molecule has 1 aliphatic heterocycles. The van der Waals surface area contributed by atoms with Crippen LogP contribution in [0.15, 0.2) is 12.1 Å². The van der Waals surface area contributed by atoms with Crippen molar-refractivity contribution in [1.82, 2.24) is 0 Å². The Hall–Kier alpha value is -0.730. The minimum absolute atomic E-state index is 0.190. The highest BCUT2D eigenvalue weighted by atomic mass is 35.5. The minimum atomic E-state index is 0.190. The average Bonchev–Trinajstić information content (AvgIpc) is 2.33. The van der Waals surface area contributed by atoms with Crippen molar-refractivity contribution in [3.05, 3.63) is 28.3 Å². The summed E-state index contributed by atoms with van der Waals surface area (Å²) in [6.45, 7) is 10.8. The van der Waals surface area contributed by atoms with E-state index in [0.717, 1.165) is 23.6 Å². The zero-order valence-corrected chi connectivity index (χ0v) is 13.2. The van der Waals surface area contributed by atoms with E-state index in [2.05, 4.69) is 44.7 Å². The van der Waals surface area contributed by atoms with Crippen molar-refractivity contribution in [2.75, 3.05) is 11.4 Å². The lowest BCUT2D eigenvalue weighted by Crippen LogP contribution is -2.48. The summed E-state index contributed by atoms with van der Waals surface area (Å²) in [5.74, 6) is 0.556. The molecule has 2 nitrogen and oxygen atoms in total. The Morgan fingerprint density at radius 2 is 2.11 bits per heavy atom. The molecule has 0 amide bonds. The van der Waals surface area contributed by atoms with Gasteiger partial charge >= 0.3 is 0 Å². The fourth-order valence-corrected chi connectivity index (χ4v) is 3.59. The molecule has 1 aliphatic rings. The van der Waals surface area contributed by atoms with Crippen molar-refractivity contribution in [1.29, 1.82) is 0 Å². The van der Waals surface area contributed by atoms with Gasteiger partial charge in [-0.15, -0.1) is 0 Å². The molecule has 0 bridgehead atoms. The van der Waals surface area contributed by atoms with Crippen LogP contribution >= 0.6 is 11.6 Å². The van der Waals surface area contributed by atoms with Gasteiger partial charge in [0.05, 0.1) is 0 Å². The van der Waals surface area contributed by atoms with Gasteiger partial charge in [-0.05, 0) is 49.8 Å². The van der Waals surface area contributed by atoms with Crippen LogP contribution in [0.5, 0.6) is 0 Å². The molecule has 0 saturated carbocycles. The van der Waals surface area contributed by atoms with Crippen molar-refractivity contribution >= 4 is 17.3 Å². The molecule has 3 heteroatoms. The van der Waals surface area contributed by atoms with E-state index in [1.54, 1.807) is 0 Å². The first-order chi connectivity index (χ1) is 8.90. The first-order valence-corrected chi connectivity index (χ1v) is 7.58. The number of hydrogen-bond donors (Lipinski definition) is 1. The molecular formula is C16H25ClN2. The van der Waals surface area contributed by atoms with Gasteiger partial charge < -0.3 is 10.6 Å². The second kappa shape index (κ2) is 5.34. The Bertz CT molecular complexity index is 468. The Kier molecular flexibility index (Phi) is 4.12. The number of nitrogens with zero attached hydrogens (tertiary/aromatic N) is 1. The van der Waals surface area contributed by atoms with E-state index in [0.29, 0.717) is 12.5 Å². The standard InChI is InChI=1S/C16H25ClN2/c1-5-6-19-15-8-14(17)12(10-18)7-13(15)11(2)9-16(19,3)4/h7-8,11H,5-6,9-10,18H2,1-4H3/t11-/m0/s1.